The molecule has 0 heterocycles. The van der Waals surface area contributed by atoms with E-state index >= 15 is 0 Å². The van der Waals surface area contributed by atoms with E-state index in [4.69, 9.17) is 9.79 Å². The van der Waals surface area contributed by atoms with Crippen LogP contribution in [0.1, 0.15) is 40.5 Å². The molecule has 0 spiro atoms. The number of rotatable bonds is 8. The van der Waals surface area contributed by atoms with Gasteiger partial charge in [0.2, 0.25) is 0 Å². The summed E-state index contributed by atoms with van der Waals surface area (Å²) >= 11 is 0. The molecule has 0 aliphatic heterocycles. The van der Waals surface area contributed by atoms with Crippen molar-refractivity contribution in [3.05, 3.63) is 0 Å². The molecule has 0 bridgehead atoms. The van der Waals surface area contributed by atoms with Crippen molar-refractivity contribution in [2.45, 2.75) is 40.5 Å². The van der Waals surface area contributed by atoms with E-state index in [2.05, 4.69) is 20.8 Å². The van der Waals surface area contributed by atoms with Gasteiger partial charge in [-0.2, -0.15) is 0 Å². The summed E-state index contributed by atoms with van der Waals surface area (Å²) in [5.74, 6) is 0.270. The molecule has 0 aliphatic carbocycles. The molecule has 0 rings (SSSR count). The molecule has 11 heteroatoms. The average Bonchev–Trinajstić information content (AvgIpc) is 2.06. The second-order valence-corrected chi connectivity index (χ2v) is 9.73. The van der Waals surface area contributed by atoms with E-state index in [0.29, 0.717) is 6.42 Å². The molecule has 2 N–H and O–H groups in total. The van der Waals surface area contributed by atoms with Crippen molar-refractivity contribution in [2.24, 2.45) is 11.3 Å². The quantitative estimate of drug-likeness (QED) is 0.321. The van der Waals surface area contributed by atoms with E-state index in [9.17, 15) is 18.9 Å². The standard InChI is InChI=1S/C11H27NO6P2.2Na/c1-10(7-11(2,3)4)5-6-12(8-19(13,14)15)9-20(16,17)18;;/h10H,5-9H2,1-4H3,(H2,13,14,15)(H2,16,17,18);;/q;2*+1/p-2. The fourth-order valence-corrected chi connectivity index (χ4v) is 3.89. The van der Waals surface area contributed by atoms with Gasteiger partial charge in [-0.05, 0) is 30.7 Å². The Kier molecular flexibility index (Phi) is 15.6. The normalized spacial score (nSPS) is 14.2. The predicted octanol–water partition coefficient (Wildman–Crippen LogP) is -5.23. The second kappa shape index (κ2) is 11.8. The Balaban J connectivity index is -0.00000180. The molecule has 0 aromatic heterocycles. The summed E-state index contributed by atoms with van der Waals surface area (Å²) in [5.41, 5.74) is 0.125. The van der Waals surface area contributed by atoms with Crippen molar-refractivity contribution in [1.29, 1.82) is 0 Å². The van der Waals surface area contributed by atoms with Crippen molar-refractivity contribution < 1.29 is 87.8 Å². The van der Waals surface area contributed by atoms with Crippen LogP contribution in [0.15, 0.2) is 0 Å². The van der Waals surface area contributed by atoms with Gasteiger partial charge in [-0.3, -0.25) is 9.46 Å². The van der Waals surface area contributed by atoms with Gasteiger partial charge in [0.25, 0.3) is 0 Å². The van der Waals surface area contributed by atoms with Gasteiger partial charge in [0.1, 0.15) is 6.29 Å². The van der Waals surface area contributed by atoms with Crippen LogP contribution in [0.3, 0.4) is 0 Å². The fourth-order valence-electron chi connectivity index (χ4n) is 2.24. The first-order valence-electron chi connectivity index (χ1n) is 6.46. The van der Waals surface area contributed by atoms with E-state index in [-0.39, 0.29) is 77.0 Å². The van der Waals surface area contributed by atoms with Crippen LogP contribution in [-0.2, 0) is 9.13 Å². The van der Waals surface area contributed by atoms with Crippen molar-refractivity contribution in [3.63, 3.8) is 0 Å². The topological polar surface area (TPSA) is 124 Å². The molecule has 0 aromatic carbocycles. The first-order valence-corrected chi connectivity index (χ1v) is 9.98. The van der Waals surface area contributed by atoms with E-state index in [1.807, 2.05) is 6.92 Å². The van der Waals surface area contributed by atoms with E-state index in [1.54, 1.807) is 0 Å². The van der Waals surface area contributed by atoms with Crippen molar-refractivity contribution in [1.82, 2.24) is 4.90 Å². The molecular weight excluding hydrogens is 350 g/mol. The molecular formula is C11H25NNa2O6P2. The molecule has 0 radical (unpaired) electrons. The van der Waals surface area contributed by atoms with Crippen LogP contribution in [0.5, 0.6) is 0 Å². The molecule has 122 valence electrons. The van der Waals surface area contributed by atoms with Gasteiger partial charge in [0.05, 0.1) is 0 Å². The Hall–Kier alpha value is 2.26. The van der Waals surface area contributed by atoms with Crippen LogP contribution in [0, 0.1) is 11.3 Å². The summed E-state index contributed by atoms with van der Waals surface area (Å²) in [6.45, 7) is 8.42. The van der Waals surface area contributed by atoms with Crippen LogP contribution in [0.4, 0.5) is 0 Å². The van der Waals surface area contributed by atoms with Crippen molar-refractivity contribution in [2.75, 3.05) is 19.1 Å². The van der Waals surface area contributed by atoms with Crippen LogP contribution < -0.4 is 68.9 Å². The van der Waals surface area contributed by atoms with Crippen LogP contribution in [-0.4, -0.2) is 33.8 Å². The molecule has 0 aromatic rings. The van der Waals surface area contributed by atoms with Gasteiger partial charge in [-0.25, -0.2) is 0 Å². The first-order chi connectivity index (χ1) is 8.68. The SMILES string of the molecule is CC(CCN(CP(=O)([O-])[O-])CP(=O)(O)O)CC(C)(C)C.[Na+].[Na+]. The summed E-state index contributed by atoms with van der Waals surface area (Å²) in [4.78, 5) is 40.4. The minimum atomic E-state index is -4.83. The Morgan fingerprint density at radius 3 is 1.86 bits per heavy atom. The van der Waals surface area contributed by atoms with E-state index in [0.717, 1.165) is 11.3 Å². The van der Waals surface area contributed by atoms with Gasteiger partial charge in [-0.1, -0.05) is 35.3 Å². The number of hydrogen-bond donors (Lipinski definition) is 2. The maximum atomic E-state index is 11.0. The Labute approximate surface area is 177 Å². The zero-order valence-corrected chi connectivity index (χ0v) is 20.3. The minimum Gasteiger partial charge on any atom is -0.810 e. The first kappa shape index (κ1) is 29.0. The minimum absolute atomic E-state index is 0. The van der Waals surface area contributed by atoms with Crippen LogP contribution >= 0.6 is 15.2 Å². The Bertz CT molecular complexity index is 369. The Morgan fingerprint density at radius 2 is 1.55 bits per heavy atom. The smallest absolute Gasteiger partial charge is 0.810 e. The van der Waals surface area contributed by atoms with Gasteiger partial charge >= 0.3 is 66.7 Å². The molecule has 0 amide bonds. The third-order valence-corrected chi connectivity index (χ3v) is 4.17. The molecule has 0 fully saturated rings. The van der Waals surface area contributed by atoms with Gasteiger partial charge in [0.15, 0.2) is 0 Å². The average molecular weight is 375 g/mol. The second-order valence-electron chi connectivity index (χ2n) is 6.61. The van der Waals surface area contributed by atoms with Crippen molar-refractivity contribution in [3.8, 4) is 0 Å². The molecule has 1 atom stereocenters. The third-order valence-electron chi connectivity index (χ3n) is 2.66. The molecule has 0 aliphatic rings. The molecule has 0 saturated carbocycles. The van der Waals surface area contributed by atoms with Gasteiger partial charge in [0, 0.05) is 6.29 Å². The summed E-state index contributed by atoms with van der Waals surface area (Å²) in [6, 6.07) is 0. The molecule has 1 unspecified atom stereocenters. The largest absolute Gasteiger partial charge is 1.00 e. The monoisotopic (exact) mass is 375 g/mol. The predicted molar refractivity (Wildman–Crippen MR) is 73.9 cm³/mol. The van der Waals surface area contributed by atoms with Crippen LogP contribution in [0.2, 0.25) is 0 Å². The van der Waals surface area contributed by atoms with Gasteiger partial charge < -0.3 is 24.1 Å². The maximum absolute atomic E-state index is 11.0. The summed E-state index contributed by atoms with van der Waals surface area (Å²) in [6.07, 6.45) is -0.0650. The zero-order chi connectivity index (χ0) is 16.2. The fraction of sp³-hybridized carbons (Fsp3) is 1.00. The third kappa shape index (κ3) is 20.3. The maximum Gasteiger partial charge on any atom is 1.00 e. The van der Waals surface area contributed by atoms with Crippen LogP contribution in [0.25, 0.3) is 0 Å². The Morgan fingerprint density at radius 1 is 1.09 bits per heavy atom. The molecule has 22 heavy (non-hydrogen) atoms. The van der Waals surface area contributed by atoms with E-state index < -0.39 is 27.8 Å². The number of hydrogen-bond acceptors (Lipinski definition) is 5. The van der Waals surface area contributed by atoms with E-state index in [1.165, 1.54) is 0 Å². The van der Waals surface area contributed by atoms with Gasteiger partial charge in [-0.15, -0.1) is 0 Å². The summed E-state index contributed by atoms with van der Waals surface area (Å²) in [7, 11) is -9.21. The van der Waals surface area contributed by atoms with Crippen molar-refractivity contribution >= 4 is 15.2 Å². The molecule has 0 saturated heterocycles. The summed E-state index contributed by atoms with van der Waals surface area (Å²) < 4.78 is 21.7. The summed E-state index contributed by atoms with van der Waals surface area (Å²) in [5, 5.41) is 0. The zero-order valence-electron chi connectivity index (χ0n) is 14.5. The molecule has 7 nitrogen and oxygen atoms in total. The number of nitrogens with zero attached hydrogens (tertiary/aromatic N) is 1.